The molecule has 1 N–H and O–H groups in total. The zero-order valence-electron chi connectivity index (χ0n) is 19.5. The Morgan fingerprint density at radius 3 is 2.42 bits per heavy atom. The van der Waals surface area contributed by atoms with Gasteiger partial charge in [0, 0.05) is 30.5 Å². The molecule has 2 rings (SSSR count). The number of nitrogens with one attached hydrogen (secondary N) is 1. The molecule has 2 aromatic carbocycles. The summed E-state index contributed by atoms with van der Waals surface area (Å²) in [5.41, 5.74) is 2.42. The Morgan fingerprint density at radius 2 is 1.82 bits per heavy atom. The zero-order chi connectivity index (χ0) is 24.6. The number of benzene rings is 2. The van der Waals surface area contributed by atoms with Crippen molar-refractivity contribution < 1.29 is 18.0 Å². The lowest BCUT2D eigenvalue weighted by atomic mass is 10.1. The number of sulfonamides is 1. The minimum absolute atomic E-state index is 0.121. The quantitative estimate of drug-likeness (QED) is 0.471. The Labute approximate surface area is 205 Å². The summed E-state index contributed by atoms with van der Waals surface area (Å²) in [6.45, 7) is 6.36. The molecule has 0 unspecified atom stereocenters. The topological polar surface area (TPSA) is 86.8 Å². The van der Waals surface area contributed by atoms with Gasteiger partial charge >= 0.3 is 0 Å². The van der Waals surface area contributed by atoms with Crippen LogP contribution in [0.4, 0.5) is 5.69 Å². The van der Waals surface area contributed by atoms with E-state index in [0.717, 1.165) is 21.9 Å². The number of amides is 2. The van der Waals surface area contributed by atoms with Crippen LogP contribution in [0.2, 0.25) is 0 Å². The third-order valence-corrected chi connectivity index (χ3v) is 6.89. The molecule has 0 aliphatic rings. The number of anilines is 1. The molecule has 9 heteroatoms. The molecule has 0 aromatic heterocycles. The lowest BCUT2D eigenvalue weighted by Crippen LogP contribution is -2.47. The van der Waals surface area contributed by atoms with Crippen LogP contribution in [0.5, 0.6) is 0 Å². The van der Waals surface area contributed by atoms with Gasteiger partial charge in [0.1, 0.15) is 6.04 Å². The fraction of sp³-hybridized carbons (Fsp3) is 0.417. The van der Waals surface area contributed by atoms with E-state index in [4.69, 9.17) is 0 Å². The first-order valence-electron chi connectivity index (χ1n) is 10.9. The molecule has 33 heavy (non-hydrogen) atoms. The smallest absolute Gasteiger partial charge is 0.242 e. The van der Waals surface area contributed by atoms with Gasteiger partial charge in [0.15, 0.2) is 0 Å². The highest BCUT2D eigenvalue weighted by molar-refractivity contribution is 9.10. The number of carbonyl (C=O) groups excluding carboxylic acids is 2. The SMILES string of the molecule is CCNC(=O)[C@@H](C)N(Cc1cccc(Br)c1)C(=O)CCCN(c1cccc(C)c1)S(C)(=O)=O. The molecule has 0 heterocycles. The minimum Gasteiger partial charge on any atom is -0.355 e. The number of halogens is 1. The molecule has 0 aliphatic carbocycles. The van der Waals surface area contributed by atoms with Crippen LogP contribution in [0.25, 0.3) is 0 Å². The fourth-order valence-corrected chi connectivity index (χ4v) is 4.93. The highest BCUT2D eigenvalue weighted by Crippen LogP contribution is 2.21. The number of likely N-dealkylation sites (N-methyl/N-ethyl adjacent to an activating group) is 1. The number of rotatable bonds is 11. The Morgan fingerprint density at radius 1 is 1.12 bits per heavy atom. The largest absolute Gasteiger partial charge is 0.355 e. The van der Waals surface area contributed by atoms with Crippen molar-refractivity contribution in [1.82, 2.24) is 10.2 Å². The van der Waals surface area contributed by atoms with Gasteiger partial charge in [0.05, 0.1) is 11.9 Å². The van der Waals surface area contributed by atoms with Crippen LogP contribution in [0.1, 0.15) is 37.8 Å². The van der Waals surface area contributed by atoms with Crippen LogP contribution in [0.15, 0.2) is 53.0 Å². The molecule has 0 saturated carbocycles. The maximum absolute atomic E-state index is 13.2. The van der Waals surface area contributed by atoms with Gasteiger partial charge in [-0.25, -0.2) is 8.42 Å². The van der Waals surface area contributed by atoms with Crippen molar-refractivity contribution in [3.63, 3.8) is 0 Å². The molecular weight excluding hydrogens is 506 g/mol. The zero-order valence-corrected chi connectivity index (χ0v) is 21.9. The Bertz CT molecular complexity index is 1070. The van der Waals surface area contributed by atoms with Crippen LogP contribution in [-0.4, -0.2) is 50.5 Å². The lowest BCUT2D eigenvalue weighted by Gasteiger charge is -2.29. The first-order valence-corrected chi connectivity index (χ1v) is 13.5. The normalized spacial score (nSPS) is 12.2. The van der Waals surface area contributed by atoms with Crippen molar-refractivity contribution in [2.75, 3.05) is 23.7 Å². The van der Waals surface area contributed by atoms with Crippen LogP contribution >= 0.6 is 15.9 Å². The van der Waals surface area contributed by atoms with Crippen molar-refractivity contribution in [3.8, 4) is 0 Å². The van der Waals surface area contributed by atoms with Crippen LogP contribution in [0.3, 0.4) is 0 Å². The summed E-state index contributed by atoms with van der Waals surface area (Å²) in [5, 5.41) is 2.77. The lowest BCUT2D eigenvalue weighted by molar-refractivity contribution is -0.140. The second kappa shape index (κ2) is 12.2. The number of carbonyl (C=O) groups is 2. The average molecular weight is 539 g/mol. The second-order valence-corrected chi connectivity index (χ2v) is 10.8. The van der Waals surface area contributed by atoms with Crippen molar-refractivity contribution in [3.05, 3.63) is 64.1 Å². The van der Waals surface area contributed by atoms with E-state index in [-0.39, 0.29) is 31.3 Å². The van der Waals surface area contributed by atoms with E-state index in [9.17, 15) is 18.0 Å². The molecule has 2 aromatic rings. The van der Waals surface area contributed by atoms with Crippen molar-refractivity contribution in [1.29, 1.82) is 0 Å². The molecule has 0 spiro atoms. The summed E-state index contributed by atoms with van der Waals surface area (Å²) in [4.78, 5) is 27.2. The summed E-state index contributed by atoms with van der Waals surface area (Å²) >= 11 is 3.44. The van der Waals surface area contributed by atoms with Crippen molar-refractivity contribution >= 4 is 43.5 Å². The number of hydrogen-bond acceptors (Lipinski definition) is 4. The number of hydrogen-bond donors (Lipinski definition) is 1. The molecule has 1 atom stereocenters. The summed E-state index contributed by atoms with van der Waals surface area (Å²) < 4.78 is 26.9. The molecule has 0 bridgehead atoms. The first kappa shape index (κ1) is 26.9. The van der Waals surface area contributed by atoms with Gasteiger partial charge in [0.25, 0.3) is 0 Å². The third kappa shape index (κ3) is 8.16. The Kier molecular flexibility index (Phi) is 9.91. The van der Waals surface area contributed by atoms with E-state index in [1.165, 1.54) is 4.31 Å². The molecule has 0 aliphatic heterocycles. The van der Waals surface area contributed by atoms with Gasteiger partial charge in [-0.1, -0.05) is 40.2 Å². The van der Waals surface area contributed by atoms with E-state index < -0.39 is 16.1 Å². The molecule has 0 saturated heterocycles. The van der Waals surface area contributed by atoms with Gasteiger partial charge in [-0.2, -0.15) is 0 Å². The summed E-state index contributed by atoms with van der Waals surface area (Å²) in [6.07, 6.45) is 1.61. The summed E-state index contributed by atoms with van der Waals surface area (Å²) in [6, 6.07) is 14.2. The fourth-order valence-electron chi connectivity index (χ4n) is 3.52. The van der Waals surface area contributed by atoms with E-state index >= 15 is 0 Å². The first-order chi connectivity index (χ1) is 15.5. The minimum atomic E-state index is -3.50. The highest BCUT2D eigenvalue weighted by Gasteiger charge is 2.26. The van der Waals surface area contributed by atoms with Crippen molar-refractivity contribution in [2.45, 2.75) is 46.2 Å². The van der Waals surface area contributed by atoms with E-state index in [2.05, 4.69) is 21.2 Å². The molecule has 0 radical (unpaired) electrons. The van der Waals surface area contributed by atoms with Crippen molar-refractivity contribution in [2.24, 2.45) is 0 Å². The second-order valence-electron chi connectivity index (χ2n) is 8.00. The van der Waals surface area contributed by atoms with Crippen LogP contribution in [0, 0.1) is 6.92 Å². The van der Waals surface area contributed by atoms with E-state index in [1.54, 1.807) is 24.0 Å². The van der Waals surface area contributed by atoms with Gasteiger partial charge in [-0.3, -0.25) is 13.9 Å². The molecule has 2 amide bonds. The summed E-state index contributed by atoms with van der Waals surface area (Å²) in [7, 11) is -3.50. The predicted octanol–water partition coefficient (Wildman–Crippen LogP) is 3.86. The average Bonchev–Trinajstić information content (AvgIpc) is 2.73. The number of aryl methyl sites for hydroxylation is 1. The highest BCUT2D eigenvalue weighted by atomic mass is 79.9. The van der Waals surface area contributed by atoms with Gasteiger partial charge in [-0.15, -0.1) is 0 Å². The third-order valence-electron chi connectivity index (χ3n) is 5.20. The van der Waals surface area contributed by atoms with E-state index in [1.807, 2.05) is 50.2 Å². The standard InChI is InChI=1S/C24H32BrN3O4S/c1-5-26-24(30)19(3)27(17-20-10-7-11-21(25)16-20)23(29)13-8-14-28(33(4,31)32)22-12-6-9-18(2)15-22/h6-7,9-12,15-16,19H,5,8,13-14,17H2,1-4H3,(H,26,30)/t19-/m1/s1. The number of nitrogens with zero attached hydrogens (tertiary/aromatic N) is 2. The summed E-state index contributed by atoms with van der Waals surface area (Å²) in [5.74, 6) is -0.426. The Balaban J connectivity index is 2.15. The maximum atomic E-state index is 13.2. The van der Waals surface area contributed by atoms with E-state index in [0.29, 0.717) is 18.7 Å². The molecule has 7 nitrogen and oxygen atoms in total. The molecule has 0 fully saturated rings. The predicted molar refractivity (Wildman–Crippen MR) is 135 cm³/mol. The maximum Gasteiger partial charge on any atom is 0.242 e. The van der Waals surface area contributed by atoms with Crippen LogP contribution in [-0.2, 0) is 26.2 Å². The van der Waals surface area contributed by atoms with Crippen LogP contribution < -0.4 is 9.62 Å². The molecule has 180 valence electrons. The Hall–Kier alpha value is -2.39. The van der Waals surface area contributed by atoms with Gasteiger partial charge < -0.3 is 10.2 Å². The van der Waals surface area contributed by atoms with Gasteiger partial charge in [-0.05, 0) is 62.6 Å². The monoisotopic (exact) mass is 537 g/mol. The molecular formula is C24H32BrN3O4S. The van der Waals surface area contributed by atoms with Gasteiger partial charge in [0.2, 0.25) is 21.8 Å².